The highest BCUT2D eigenvalue weighted by atomic mass is 15.1. The number of aryl methyl sites for hydroxylation is 1. The third-order valence-corrected chi connectivity index (χ3v) is 3.39. The second-order valence-electron chi connectivity index (χ2n) is 4.96. The average molecular weight is 267 g/mol. The molecule has 0 unspecified atom stereocenters. The molecular weight excluding hydrogens is 246 g/mol. The van der Waals surface area contributed by atoms with E-state index in [9.17, 15) is 0 Å². The number of hydrogen-bond acceptors (Lipinski definition) is 2. The van der Waals surface area contributed by atoms with Gasteiger partial charge in [0, 0.05) is 25.2 Å². The Kier molecular flexibility index (Phi) is 4.77. The van der Waals surface area contributed by atoms with Crippen molar-refractivity contribution in [1.29, 1.82) is 5.41 Å². The smallest absolute Gasteiger partial charge is 0.0923 e. The molecule has 0 spiro atoms. The maximum atomic E-state index is 7.42. The lowest BCUT2D eigenvalue weighted by Gasteiger charge is -2.25. The molecule has 0 amide bonds. The third-order valence-electron chi connectivity index (χ3n) is 3.39. The summed E-state index contributed by atoms with van der Waals surface area (Å²) >= 11 is 0. The molecule has 104 valence electrons. The minimum Gasteiger partial charge on any atom is -0.388 e. The first-order chi connectivity index (χ1) is 9.66. The highest BCUT2D eigenvalue weighted by Crippen LogP contribution is 2.18. The number of nitrogens with two attached hydrogens (primary N) is 1. The maximum Gasteiger partial charge on any atom is 0.0923 e. The number of benzene rings is 2. The number of anilines is 1. The fourth-order valence-corrected chi connectivity index (χ4v) is 2.19. The second kappa shape index (κ2) is 6.75. The molecule has 2 aromatic rings. The summed E-state index contributed by atoms with van der Waals surface area (Å²) in [6.07, 6.45) is 0.584. The lowest BCUT2D eigenvalue weighted by molar-refractivity contribution is 0.798. The number of rotatable bonds is 6. The lowest BCUT2D eigenvalue weighted by atomic mass is 10.1. The van der Waals surface area contributed by atoms with Crippen molar-refractivity contribution in [2.24, 2.45) is 5.73 Å². The van der Waals surface area contributed by atoms with Crippen molar-refractivity contribution in [3.8, 4) is 0 Å². The number of amidine groups is 1. The third kappa shape index (κ3) is 3.85. The van der Waals surface area contributed by atoms with Gasteiger partial charge >= 0.3 is 0 Å². The summed E-state index contributed by atoms with van der Waals surface area (Å²) in [5, 5.41) is 7.42. The molecular formula is C17H21N3. The molecule has 2 aromatic carbocycles. The van der Waals surface area contributed by atoms with E-state index in [2.05, 4.69) is 48.2 Å². The van der Waals surface area contributed by atoms with E-state index in [1.165, 1.54) is 11.1 Å². The van der Waals surface area contributed by atoms with Crippen LogP contribution in [-0.2, 0) is 6.54 Å². The van der Waals surface area contributed by atoms with E-state index in [0.29, 0.717) is 6.42 Å². The number of para-hydroxylation sites is 1. The molecule has 2 rings (SSSR count). The predicted octanol–water partition coefficient (Wildman–Crippen LogP) is 3.33. The van der Waals surface area contributed by atoms with Crippen LogP contribution in [0.5, 0.6) is 0 Å². The van der Waals surface area contributed by atoms with Crippen LogP contribution in [-0.4, -0.2) is 12.4 Å². The Morgan fingerprint density at radius 3 is 2.35 bits per heavy atom. The molecule has 0 aliphatic rings. The summed E-state index contributed by atoms with van der Waals surface area (Å²) in [7, 11) is 0. The van der Waals surface area contributed by atoms with Crippen LogP contribution in [0.3, 0.4) is 0 Å². The summed E-state index contributed by atoms with van der Waals surface area (Å²) in [5.41, 5.74) is 9.26. The van der Waals surface area contributed by atoms with Crippen molar-refractivity contribution in [3.05, 3.63) is 65.7 Å². The molecule has 0 radical (unpaired) electrons. The van der Waals surface area contributed by atoms with Crippen molar-refractivity contribution >= 4 is 11.5 Å². The van der Waals surface area contributed by atoms with Crippen LogP contribution in [0.2, 0.25) is 0 Å². The average Bonchev–Trinajstić information content (AvgIpc) is 2.46. The molecule has 0 saturated heterocycles. The van der Waals surface area contributed by atoms with E-state index in [-0.39, 0.29) is 5.84 Å². The molecule has 0 bridgehead atoms. The Balaban J connectivity index is 2.18. The SMILES string of the molecule is Cc1ccccc1CN(CCC(=N)N)c1ccccc1. The normalized spacial score (nSPS) is 10.2. The molecule has 0 aromatic heterocycles. The summed E-state index contributed by atoms with van der Waals surface area (Å²) < 4.78 is 0. The van der Waals surface area contributed by atoms with E-state index in [1.54, 1.807) is 0 Å². The van der Waals surface area contributed by atoms with Gasteiger partial charge in [0.05, 0.1) is 5.84 Å². The highest BCUT2D eigenvalue weighted by molar-refractivity contribution is 5.77. The maximum absolute atomic E-state index is 7.42. The Morgan fingerprint density at radius 1 is 1.05 bits per heavy atom. The van der Waals surface area contributed by atoms with E-state index in [1.807, 2.05) is 18.2 Å². The molecule has 0 fully saturated rings. The number of nitrogens with one attached hydrogen (secondary N) is 1. The number of hydrogen-bond donors (Lipinski definition) is 2. The minimum absolute atomic E-state index is 0.232. The van der Waals surface area contributed by atoms with Crippen molar-refractivity contribution in [2.75, 3.05) is 11.4 Å². The van der Waals surface area contributed by atoms with Gasteiger partial charge in [-0.25, -0.2) is 0 Å². The van der Waals surface area contributed by atoms with Gasteiger partial charge in [-0.15, -0.1) is 0 Å². The quantitative estimate of drug-likeness (QED) is 0.623. The van der Waals surface area contributed by atoms with Crippen LogP contribution in [0.1, 0.15) is 17.5 Å². The molecule has 3 N–H and O–H groups in total. The Morgan fingerprint density at radius 2 is 1.70 bits per heavy atom. The van der Waals surface area contributed by atoms with E-state index >= 15 is 0 Å². The standard InChI is InChI=1S/C17H21N3/c1-14-7-5-6-8-15(14)13-20(12-11-17(18)19)16-9-3-2-4-10-16/h2-10H,11-13H2,1H3,(H3,18,19). The molecule has 0 aliphatic heterocycles. The zero-order valence-electron chi connectivity index (χ0n) is 11.8. The van der Waals surface area contributed by atoms with Gasteiger partial charge in [0.25, 0.3) is 0 Å². The largest absolute Gasteiger partial charge is 0.388 e. The fraction of sp³-hybridized carbons (Fsp3) is 0.235. The molecule has 0 atom stereocenters. The van der Waals surface area contributed by atoms with Crippen molar-refractivity contribution in [1.82, 2.24) is 0 Å². The highest BCUT2D eigenvalue weighted by Gasteiger charge is 2.09. The second-order valence-corrected chi connectivity index (χ2v) is 4.96. The van der Waals surface area contributed by atoms with Crippen molar-refractivity contribution in [2.45, 2.75) is 19.9 Å². The van der Waals surface area contributed by atoms with Gasteiger partial charge in [0.1, 0.15) is 0 Å². The minimum atomic E-state index is 0.232. The summed E-state index contributed by atoms with van der Waals surface area (Å²) in [5.74, 6) is 0.232. The Bertz CT molecular complexity index is 563. The van der Waals surface area contributed by atoms with Crippen LogP contribution in [0.25, 0.3) is 0 Å². The van der Waals surface area contributed by atoms with Gasteiger partial charge < -0.3 is 10.6 Å². The molecule has 0 heterocycles. The van der Waals surface area contributed by atoms with Gasteiger partial charge in [-0.1, -0.05) is 42.5 Å². The Hall–Kier alpha value is -2.29. The van der Waals surface area contributed by atoms with Gasteiger partial charge in [0.2, 0.25) is 0 Å². The molecule has 20 heavy (non-hydrogen) atoms. The molecule has 0 saturated carbocycles. The monoisotopic (exact) mass is 267 g/mol. The first-order valence-electron chi connectivity index (χ1n) is 6.84. The lowest BCUT2D eigenvalue weighted by Crippen LogP contribution is -2.27. The summed E-state index contributed by atoms with van der Waals surface area (Å²) in [6.45, 7) is 3.72. The van der Waals surface area contributed by atoms with Gasteiger partial charge in [0.15, 0.2) is 0 Å². The zero-order valence-corrected chi connectivity index (χ0v) is 11.8. The van der Waals surface area contributed by atoms with Gasteiger partial charge in [-0.3, -0.25) is 5.41 Å². The Labute approximate surface area is 120 Å². The first-order valence-corrected chi connectivity index (χ1v) is 6.84. The van der Waals surface area contributed by atoms with E-state index < -0.39 is 0 Å². The molecule has 0 aliphatic carbocycles. The van der Waals surface area contributed by atoms with Crippen molar-refractivity contribution < 1.29 is 0 Å². The summed E-state index contributed by atoms with van der Waals surface area (Å²) in [6, 6.07) is 18.7. The van der Waals surface area contributed by atoms with E-state index in [0.717, 1.165) is 18.8 Å². The fourth-order valence-electron chi connectivity index (χ4n) is 2.19. The van der Waals surface area contributed by atoms with Crippen LogP contribution in [0.15, 0.2) is 54.6 Å². The van der Waals surface area contributed by atoms with Crippen LogP contribution >= 0.6 is 0 Å². The first kappa shape index (κ1) is 14.1. The van der Waals surface area contributed by atoms with E-state index in [4.69, 9.17) is 11.1 Å². The zero-order chi connectivity index (χ0) is 14.4. The van der Waals surface area contributed by atoms with Crippen molar-refractivity contribution in [3.63, 3.8) is 0 Å². The van der Waals surface area contributed by atoms with Gasteiger partial charge in [-0.2, -0.15) is 0 Å². The van der Waals surface area contributed by atoms with Crippen LogP contribution < -0.4 is 10.6 Å². The van der Waals surface area contributed by atoms with Gasteiger partial charge in [-0.05, 0) is 30.2 Å². The van der Waals surface area contributed by atoms with Crippen LogP contribution in [0, 0.1) is 12.3 Å². The molecule has 3 nitrogen and oxygen atoms in total. The molecule has 3 heteroatoms. The topological polar surface area (TPSA) is 53.1 Å². The van der Waals surface area contributed by atoms with Crippen LogP contribution in [0.4, 0.5) is 5.69 Å². The predicted molar refractivity (Wildman–Crippen MR) is 85.2 cm³/mol. The summed E-state index contributed by atoms with van der Waals surface area (Å²) in [4.78, 5) is 2.27. The number of nitrogens with zero attached hydrogens (tertiary/aromatic N) is 1.